The van der Waals surface area contributed by atoms with Crippen molar-refractivity contribution in [3.05, 3.63) is 16.3 Å². The third-order valence-corrected chi connectivity index (χ3v) is 3.01. The number of rotatable bonds is 5. The number of nitro groups is 1. The van der Waals surface area contributed by atoms with E-state index in [1.807, 2.05) is 0 Å². The summed E-state index contributed by atoms with van der Waals surface area (Å²) >= 11 is 0. The highest BCUT2D eigenvalue weighted by Gasteiger charge is 2.27. The molecule has 2 rings (SSSR count). The van der Waals surface area contributed by atoms with E-state index < -0.39 is 4.92 Å². The first kappa shape index (κ1) is 11.9. The van der Waals surface area contributed by atoms with Gasteiger partial charge in [-0.3, -0.25) is 4.57 Å². The van der Waals surface area contributed by atoms with Crippen LogP contribution >= 0.6 is 0 Å². The Morgan fingerprint density at radius 3 is 3.18 bits per heavy atom. The maximum Gasteiger partial charge on any atom is 0.414 e. The van der Waals surface area contributed by atoms with Gasteiger partial charge in [0.2, 0.25) is 0 Å². The predicted molar refractivity (Wildman–Crippen MR) is 62.1 cm³/mol. The van der Waals surface area contributed by atoms with Gasteiger partial charge in [-0.25, -0.2) is 0 Å². The van der Waals surface area contributed by atoms with E-state index in [9.17, 15) is 10.1 Å². The Bertz CT molecular complexity index is 403. The summed E-state index contributed by atoms with van der Waals surface area (Å²) in [7, 11) is 0. The fourth-order valence-corrected chi connectivity index (χ4v) is 2.04. The first-order valence-corrected chi connectivity index (χ1v) is 6.09. The van der Waals surface area contributed by atoms with Crippen molar-refractivity contribution in [3.63, 3.8) is 0 Å². The van der Waals surface area contributed by atoms with Crippen LogP contribution in [-0.2, 0) is 6.54 Å². The lowest BCUT2D eigenvalue weighted by molar-refractivity contribution is -0.389. The standard InChI is InChI=1S/C11H17N3O3/c1-2-3-4-5-9-6-7-13-8-10(14(15)16)12-11(13)17-9/h8-9H,2-7H2,1H3. The maximum absolute atomic E-state index is 10.6. The molecule has 2 heterocycles. The summed E-state index contributed by atoms with van der Waals surface area (Å²) in [5.74, 6) is -0.130. The highest BCUT2D eigenvalue weighted by Crippen LogP contribution is 2.25. The minimum absolute atomic E-state index is 0.130. The average Bonchev–Trinajstić information content (AvgIpc) is 2.72. The molecule has 0 aliphatic carbocycles. The summed E-state index contributed by atoms with van der Waals surface area (Å²) in [6.45, 7) is 2.92. The molecular weight excluding hydrogens is 222 g/mol. The van der Waals surface area contributed by atoms with E-state index in [0.717, 1.165) is 25.8 Å². The fraction of sp³-hybridized carbons (Fsp3) is 0.727. The van der Waals surface area contributed by atoms with Crippen LogP contribution in [0.1, 0.15) is 39.0 Å². The van der Waals surface area contributed by atoms with Gasteiger partial charge in [-0.15, -0.1) is 0 Å². The minimum atomic E-state index is -0.485. The molecule has 0 fully saturated rings. The van der Waals surface area contributed by atoms with Crippen LogP contribution in [0.25, 0.3) is 0 Å². The zero-order chi connectivity index (χ0) is 12.3. The molecule has 6 heteroatoms. The Labute approximate surface area is 99.8 Å². The van der Waals surface area contributed by atoms with Crippen molar-refractivity contribution in [1.82, 2.24) is 9.55 Å². The SMILES string of the molecule is CCCCCC1CCn2cc([N+](=O)[O-])nc2O1. The molecule has 1 aliphatic heterocycles. The zero-order valence-electron chi connectivity index (χ0n) is 9.96. The third kappa shape index (κ3) is 2.75. The van der Waals surface area contributed by atoms with Crippen molar-refractivity contribution in [1.29, 1.82) is 0 Å². The van der Waals surface area contributed by atoms with Crippen LogP contribution in [0.3, 0.4) is 0 Å². The van der Waals surface area contributed by atoms with Crippen LogP contribution in [0.2, 0.25) is 0 Å². The van der Waals surface area contributed by atoms with Crippen LogP contribution in [0.15, 0.2) is 6.20 Å². The smallest absolute Gasteiger partial charge is 0.414 e. The monoisotopic (exact) mass is 239 g/mol. The molecule has 0 bridgehead atoms. The number of fused-ring (bicyclic) bond motifs is 1. The largest absolute Gasteiger partial charge is 0.442 e. The number of imidazole rings is 1. The molecule has 0 saturated carbocycles. The summed E-state index contributed by atoms with van der Waals surface area (Å²) in [6.07, 6.45) is 7.05. The zero-order valence-corrected chi connectivity index (χ0v) is 9.96. The van der Waals surface area contributed by atoms with Crippen molar-refractivity contribution < 1.29 is 9.66 Å². The highest BCUT2D eigenvalue weighted by atomic mass is 16.6. The maximum atomic E-state index is 10.6. The predicted octanol–water partition coefficient (Wildman–Crippen LogP) is 2.52. The second-order valence-corrected chi connectivity index (χ2v) is 4.36. The van der Waals surface area contributed by atoms with Gasteiger partial charge in [0.1, 0.15) is 12.3 Å². The lowest BCUT2D eigenvalue weighted by atomic mass is 10.1. The molecule has 17 heavy (non-hydrogen) atoms. The number of ether oxygens (including phenoxy) is 1. The van der Waals surface area contributed by atoms with Crippen LogP contribution in [0.5, 0.6) is 6.01 Å². The summed E-state index contributed by atoms with van der Waals surface area (Å²) in [6, 6.07) is 0.393. The van der Waals surface area contributed by atoms with E-state index >= 15 is 0 Å². The van der Waals surface area contributed by atoms with Gasteiger partial charge in [-0.2, -0.15) is 0 Å². The molecule has 1 unspecified atom stereocenters. The van der Waals surface area contributed by atoms with Gasteiger partial charge in [-0.1, -0.05) is 19.8 Å². The molecule has 1 aliphatic rings. The Morgan fingerprint density at radius 2 is 2.47 bits per heavy atom. The molecule has 0 aromatic carbocycles. The minimum Gasteiger partial charge on any atom is -0.442 e. The van der Waals surface area contributed by atoms with Crippen LogP contribution in [0, 0.1) is 10.1 Å². The number of hydrogen-bond donors (Lipinski definition) is 0. The van der Waals surface area contributed by atoms with Gasteiger partial charge in [0.25, 0.3) is 0 Å². The molecule has 0 radical (unpaired) electrons. The average molecular weight is 239 g/mol. The Hall–Kier alpha value is -1.59. The summed E-state index contributed by atoms with van der Waals surface area (Å²) in [5.41, 5.74) is 0. The Morgan fingerprint density at radius 1 is 1.65 bits per heavy atom. The second kappa shape index (κ2) is 5.16. The molecule has 1 aromatic heterocycles. The summed E-state index contributed by atoms with van der Waals surface area (Å²) in [4.78, 5) is 14.0. The van der Waals surface area contributed by atoms with Crippen LogP contribution in [-0.4, -0.2) is 20.6 Å². The summed E-state index contributed by atoms with van der Waals surface area (Å²) in [5, 5.41) is 10.6. The van der Waals surface area contributed by atoms with E-state index in [0.29, 0.717) is 6.01 Å². The highest BCUT2D eigenvalue weighted by molar-refractivity contribution is 5.21. The van der Waals surface area contributed by atoms with Gasteiger partial charge in [0, 0.05) is 17.9 Å². The molecule has 0 saturated heterocycles. The number of aryl methyl sites for hydroxylation is 1. The second-order valence-electron chi connectivity index (χ2n) is 4.36. The van der Waals surface area contributed by atoms with E-state index in [-0.39, 0.29) is 11.9 Å². The van der Waals surface area contributed by atoms with Crippen molar-refractivity contribution in [2.24, 2.45) is 0 Å². The topological polar surface area (TPSA) is 70.2 Å². The molecule has 0 spiro atoms. The molecule has 1 atom stereocenters. The number of nitrogens with zero attached hydrogens (tertiary/aromatic N) is 3. The quantitative estimate of drug-likeness (QED) is 0.449. The number of hydrogen-bond acceptors (Lipinski definition) is 4. The lowest BCUT2D eigenvalue weighted by Gasteiger charge is -2.21. The van der Waals surface area contributed by atoms with E-state index in [2.05, 4.69) is 11.9 Å². The van der Waals surface area contributed by atoms with Crippen molar-refractivity contribution in [3.8, 4) is 6.01 Å². The van der Waals surface area contributed by atoms with Crippen LogP contribution in [0.4, 0.5) is 5.82 Å². The first-order chi connectivity index (χ1) is 8.20. The van der Waals surface area contributed by atoms with Gasteiger partial charge in [-0.05, 0) is 17.8 Å². The van der Waals surface area contributed by atoms with Crippen LogP contribution < -0.4 is 4.74 Å². The third-order valence-electron chi connectivity index (χ3n) is 3.01. The van der Waals surface area contributed by atoms with Crippen molar-refractivity contribution >= 4 is 5.82 Å². The normalized spacial score (nSPS) is 18.5. The molecule has 0 amide bonds. The first-order valence-electron chi connectivity index (χ1n) is 6.09. The molecule has 0 N–H and O–H groups in total. The number of unbranched alkanes of at least 4 members (excludes halogenated alkanes) is 2. The Kier molecular flexibility index (Phi) is 3.61. The fourth-order valence-electron chi connectivity index (χ4n) is 2.04. The van der Waals surface area contributed by atoms with Crippen molar-refractivity contribution in [2.75, 3.05) is 0 Å². The van der Waals surface area contributed by atoms with E-state index in [4.69, 9.17) is 4.74 Å². The van der Waals surface area contributed by atoms with Gasteiger partial charge in [0.05, 0.1) is 0 Å². The lowest BCUT2D eigenvalue weighted by Crippen LogP contribution is -2.25. The summed E-state index contributed by atoms with van der Waals surface area (Å²) < 4.78 is 7.37. The van der Waals surface area contributed by atoms with E-state index in [1.165, 1.54) is 19.0 Å². The van der Waals surface area contributed by atoms with Crippen molar-refractivity contribution in [2.45, 2.75) is 51.7 Å². The molecular formula is C11H17N3O3. The van der Waals surface area contributed by atoms with Gasteiger partial charge < -0.3 is 14.9 Å². The molecule has 94 valence electrons. The van der Waals surface area contributed by atoms with Gasteiger partial charge in [0.15, 0.2) is 0 Å². The molecule has 1 aromatic rings. The van der Waals surface area contributed by atoms with Gasteiger partial charge >= 0.3 is 11.8 Å². The number of aromatic nitrogens is 2. The Balaban J connectivity index is 1.96. The van der Waals surface area contributed by atoms with E-state index in [1.54, 1.807) is 4.57 Å². The molecule has 6 nitrogen and oxygen atoms in total.